The molecule has 0 aromatic carbocycles. The largest absolute Gasteiger partial charge is 0.433 e. The third-order valence-corrected chi connectivity index (χ3v) is 2.23. The Morgan fingerprint density at radius 1 is 1.41 bits per heavy atom. The second kappa shape index (κ2) is 4.84. The Morgan fingerprint density at radius 2 is 2.00 bits per heavy atom. The van der Waals surface area contributed by atoms with Crippen LogP contribution in [-0.2, 0) is 12.1 Å². The first kappa shape index (κ1) is 13.6. The summed E-state index contributed by atoms with van der Waals surface area (Å²) in [5, 5.41) is 8.53. The van der Waals surface area contributed by atoms with Gasteiger partial charge in [0.1, 0.15) is 11.8 Å². The molecule has 0 atom stereocenters. The maximum Gasteiger partial charge on any atom is 0.433 e. The second-order valence-corrected chi connectivity index (χ2v) is 3.22. The molecule has 92 valence electrons. The van der Waals surface area contributed by atoms with E-state index in [1.54, 1.807) is 0 Å². The molecule has 0 unspecified atom stereocenters. The summed E-state index contributed by atoms with van der Waals surface area (Å²) in [7, 11) is 0. The first-order valence-electron chi connectivity index (χ1n) is 4.16. The van der Waals surface area contributed by atoms with Crippen LogP contribution in [0, 0.1) is 11.3 Å². The van der Waals surface area contributed by atoms with Crippen molar-refractivity contribution in [3.8, 4) is 6.07 Å². The lowest BCUT2D eigenvalue weighted by Crippen LogP contribution is -2.14. The van der Waals surface area contributed by atoms with E-state index in [9.17, 15) is 22.0 Å². The quantitative estimate of drug-likeness (QED) is 0.607. The van der Waals surface area contributed by atoms with Crippen molar-refractivity contribution in [2.75, 3.05) is 0 Å². The third kappa shape index (κ3) is 2.64. The van der Waals surface area contributed by atoms with Gasteiger partial charge in [-0.2, -0.15) is 18.4 Å². The van der Waals surface area contributed by atoms with Crippen LogP contribution in [0.1, 0.15) is 28.8 Å². The molecule has 0 saturated heterocycles. The molecule has 0 saturated carbocycles. The lowest BCUT2D eigenvalue weighted by atomic mass is 10.0. The summed E-state index contributed by atoms with van der Waals surface area (Å²) in [5.41, 5.74) is -3.96. The van der Waals surface area contributed by atoms with Crippen LogP contribution in [0.2, 0.25) is 0 Å². The molecule has 17 heavy (non-hydrogen) atoms. The van der Waals surface area contributed by atoms with Crippen molar-refractivity contribution < 1.29 is 22.0 Å². The molecule has 1 heterocycles. The van der Waals surface area contributed by atoms with Crippen LogP contribution >= 0.6 is 11.6 Å². The molecule has 8 heteroatoms. The average Bonchev–Trinajstić information content (AvgIpc) is 2.25. The molecule has 1 aromatic heterocycles. The summed E-state index contributed by atoms with van der Waals surface area (Å²) in [6.45, 7) is 0. The Morgan fingerprint density at radius 3 is 2.35 bits per heavy atom. The molecule has 2 nitrogen and oxygen atoms in total. The van der Waals surface area contributed by atoms with Gasteiger partial charge in [0.05, 0.1) is 11.4 Å². The fourth-order valence-electron chi connectivity index (χ4n) is 1.28. The normalized spacial score (nSPS) is 11.6. The van der Waals surface area contributed by atoms with Gasteiger partial charge >= 0.3 is 6.18 Å². The van der Waals surface area contributed by atoms with E-state index < -0.39 is 40.9 Å². The van der Waals surface area contributed by atoms with E-state index in [-0.39, 0.29) is 0 Å². The van der Waals surface area contributed by atoms with E-state index in [2.05, 4.69) is 4.98 Å². The summed E-state index contributed by atoms with van der Waals surface area (Å²) >= 11 is 5.23. The third-order valence-electron chi connectivity index (χ3n) is 1.96. The summed E-state index contributed by atoms with van der Waals surface area (Å²) < 4.78 is 62.6. The van der Waals surface area contributed by atoms with Crippen LogP contribution in [0.25, 0.3) is 0 Å². The minimum atomic E-state index is -4.89. The highest BCUT2D eigenvalue weighted by Gasteiger charge is 2.38. The van der Waals surface area contributed by atoms with Gasteiger partial charge in [-0.05, 0) is 0 Å². The predicted octanol–water partition coefficient (Wildman–Crippen LogP) is 3.65. The number of rotatable bonds is 2. The monoisotopic (exact) mass is 270 g/mol. The lowest BCUT2D eigenvalue weighted by Gasteiger charge is -2.14. The molecule has 0 radical (unpaired) electrons. The maximum absolute atomic E-state index is 12.6. The molecule has 0 fully saturated rings. The van der Waals surface area contributed by atoms with Gasteiger partial charge in [-0.25, -0.2) is 8.78 Å². The predicted molar refractivity (Wildman–Crippen MR) is 48.5 cm³/mol. The molecular weight excluding hydrogens is 267 g/mol. The van der Waals surface area contributed by atoms with E-state index >= 15 is 0 Å². The Hall–Kier alpha value is -1.42. The average molecular weight is 271 g/mol. The molecule has 0 amide bonds. The van der Waals surface area contributed by atoms with Crippen molar-refractivity contribution in [3.05, 3.63) is 28.6 Å². The lowest BCUT2D eigenvalue weighted by molar-refractivity contribution is -0.141. The fourth-order valence-corrected chi connectivity index (χ4v) is 1.56. The first-order chi connectivity index (χ1) is 7.82. The zero-order chi connectivity index (χ0) is 13.2. The van der Waals surface area contributed by atoms with E-state index in [0.717, 1.165) is 0 Å². The number of alkyl halides is 6. The van der Waals surface area contributed by atoms with Crippen molar-refractivity contribution in [2.24, 2.45) is 0 Å². The summed E-state index contributed by atoms with van der Waals surface area (Å²) in [4.78, 5) is 2.97. The standard InChI is InChI=1S/C9H4ClF5N2/c10-1-5-6(8(11)12)4(2-16)3-17-7(5)9(13,14)15/h3,8H,1H2. The SMILES string of the molecule is N#Cc1cnc(C(F)(F)F)c(CCl)c1C(F)F. The number of aromatic nitrogens is 1. The molecular formula is C9H4ClF5N2. The molecule has 0 aliphatic carbocycles. The van der Waals surface area contributed by atoms with Crippen molar-refractivity contribution in [2.45, 2.75) is 18.5 Å². The molecule has 0 aliphatic heterocycles. The van der Waals surface area contributed by atoms with Crippen LogP contribution < -0.4 is 0 Å². The number of halogens is 6. The Bertz CT molecular complexity index is 464. The minimum absolute atomic E-state index is 0.473. The topological polar surface area (TPSA) is 36.7 Å². The summed E-state index contributed by atoms with van der Waals surface area (Å²) in [5.74, 6) is -0.795. The van der Waals surface area contributed by atoms with Crippen LogP contribution in [-0.4, -0.2) is 4.98 Å². The second-order valence-electron chi connectivity index (χ2n) is 2.96. The van der Waals surface area contributed by atoms with E-state index in [1.165, 1.54) is 6.07 Å². The molecule has 0 spiro atoms. The molecule has 0 bridgehead atoms. The number of pyridine rings is 1. The molecule has 0 N–H and O–H groups in total. The summed E-state index contributed by atoms with van der Waals surface area (Å²) in [6.07, 6.45) is -7.63. The van der Waals surface area contributed by atoms with Gasteiger partial charge < -0.3 is 0 Å². The van der Waals surface area contributed by atoms with E-state index in [1.807, 2.05) is 0 Å². The number of nitriles is 1. The fraction of sp³-hybridized carbons (Fsp3) is 0.333. The Labute approximate surface area is 97.6 Å². The molecule has 0 aliphatic rings. The maximum atomic E-state index is 12.6. The molecule has 1 aromatic rings. The number of hydrogen-bond donors (Lipinski definition) is 0. The highest BCUT2D eigenvalue weighted by Crippen LogP contribution is 2.36. The summed E-state index contributed by atoms with van der Waals surface area (Å²) in [6, 6.07) is 1.36. The number of nitrogens with zero attached hydrogens (tertiary/aromatic N) is 2. The zero-order valence-corrected chi connectivity index (χ0v) is 8.78. The van der Waals surface area contributed by atoms with E-state index in [4.69, 9.17) is 16.9 Å². The van der Waals surface area contributed by atoms with Crippen LogP contribution in [0.4, 0.5) is 22.0 Å². The van der Waals surface area contributed by atoms with Gasteiger partial charge in [0.25, 0.3) is 6.43 Å². The zero-order valence-electron chi connectivity index (χ0n) is 8.02. The van der Waals surface area contributed by atoms with Crippen LogP contribution in [0.15, 0.2) is 6.20 Å². The van der Waals surface area contributed by atoms with Gasteiger partial charge in [-0.3, -0.25) is 4.98 Å². The van der Waals surface area contributed by atoms with Crippen LogP contribution in [0.5, 0.6) is 0 Å². The van der Waals surface area contributed by atoms with Gasteiger partial charge in [0.2, 0.25) is 0 Å². The van der Waals surface area contributed by atoms with Crippen LogP contribution in [0.3, 0.4) is 0 Å². The minimum Gasteiger partial charge on any atom is -0.250 e. The Balaban J connectivity index is 3.60. The van der Waals surface area contributed by atoms with Crippen molar-refractivity contribution in [3.63, 3.8) is 0 Å². The number of hydrogen-bond acceptors (Lipinski definition) is 2. The smallest absolute Gasteiger partial charge is 0.250 e. The van der Waals surface area contributed by atoms with Crippen molar-refractivity contribution >= 4 is 11.6 Å². The van der Waals surface area contributed by atoms with Gasteiger partial charge in [-0.15, -0.1) is 11.6 Å². The highest BCUT2D eigenvalue weighted by molar-refractivity contribution is 6.17. The molecule has 1 rings (SSSR count). The van der Waals surface area contributed by atoms with Gasteiger partial charge in [0, 0.05) is 17.3 Å². The van der Waals surface area contributed by atoms with E-state index in [0.29, 0.717) is 6.20 Å². The highest BCUT2D eigenvalue weighted by atomic mass is 35.5. The van der Waals surface area contributed by atoms with Gasteiger partial charge in [-0.1, -0.05) is 0 Å². The van der Waals surface area contributed by atoms with Crippen molar-refractivity contribution in [1.82, 2.24) is 4.98 Å². The first-order valence-corrected chi connectivity index (χ1v) is 4.69. The van der Waals surface area contributed by atoms with Gasteiger partial charge in [0.15, 0.2) is 0 Å². The van der Waals surface area contributed by atoms with Crippen molar-refractivity contribution in [1.29, 1.82) is 5.26 Å². The Kier molecular flexibility index (Phi) is 3.88.